The minimum Gasteiger partial charge on any atom is -0.389 e. The highest BCUT2D eigenvalue weighted by molar-refractivity contribution is 7.88. The Hall–Kier alpha value is -1.12. The SMILES string of the molecule is CC(C)C(C)(O)CNS(=O)(=O)Cc1cccc(C(F)(F)F)c1. The smallest absolute Gasteiger partial charge is 0.389 e. The van der Waals surface area contributed by atoms with E-state index in [-0.39, 0.29) is 18.0 Å². The molecule has 8 heteroatoms. The third kappa shape index (κ3) is 5.58. The van der Waals surface area contributed by atoms with E-state index in [1.807, 2.05) is 0 Å². The van der Waals surface area contributed by atoms with E-state index in [0.29, 0.717) is 0 Å². The van der Waals surface area contributed by atoms with E-state index in [4.69, 9.17) is 0 Å². The zero-order valence-corrected chi connectivity index (χ0v) is 13.4. The summed E-state index contributed by atoms with van der Waals surface area (Å²) in [6, 6.07) is 4.17. The van der Waals surface area contributed by atoms with Crippen LogP contribution in [0.1, 0.15) is 31.9 Å². The van der Waals surface area contributed by atoms with Crippen molar-refractivity contribution in [2.24, 2.45) is 5.92 Å². The highest BCUT2D eigenvalue weighted by Crippen LogP contribution is 2.29. The first-order chi connectivity index (χ1) is 9.83. The summed E-state index contributed by atoms with van der Waals surface area (Å²) in [7, 11) is -3.84. The van der Waals surface area contributed by atoms with Gasteiger partial charge in [-0.3, -0.25) is 0 Å². The van der Waals surface area contributed by atoms with Gasteiger partial charge < -0.3 is 5.11 Å². The molecule has 1 aromatic rings. The van der Waals surface area contributed by atoms with Gasteiger partial charge in [0.25, 0.3) is 0 Å². The van der Waals surface area contributed by atoms with Crippen LogP contribution in [0.5, 0.6) is 0 Å². The Morgan fingerprint density at radius 1 is 1.27 bits per heavy atom. The van der Waals surface area contributed by atoms with Gasteiger partial charge in [0.1, 0.15) is 0 Å². The third-order valence-electron chi connectivity index (χ3n) is 3.50. The number of halogens is 3. The molecule has 4 nitrogen and oxygen atoms in total. The van der Waals surface area contributed by atoms with E-state index in [9.17, 15) is 26.7 Å². The molecule has 0 aliphatic carbocycles. The lowest BCUT2D eigenvalue weighted by Crippen LogP contribution is -2.44. The van der Waals surface area contributed by atoms with Crippen LogP contribution < -0.4 is 4.72 Å². The molecule has 1 unspecified atom stereocenters. The van der Waals surface area contributed by atoms with Crippen LogP contribution in [0.25, 0.3) is 0 Å². The van der Waals surface area contributed by atoms with Crippen molar-refractivity contribution < 1.29 is 26.7 Å². The molecular formula is C14H20F3NO3S. The molecule has 0 aliphatic rings. The Labute approximate surface area is 128 Å². The number of aliphatic hydroxyl groups is 1. The number of sulfonamides is 1. The Morgan fingerprint density at radius 3 is 2.36 bits per heavy atom. The topological polar surface area (TPSA) is 66.4 Å². The maximum absolute atomic E-state index is 12.6. The standard InChI is InChI=1S/C14H20F3NO3S/c1-10(2)13(3,19)9-18-22(20,21)8-11-5-4-6-12(7-11)14(15,16)17/h4-7,10,18-19H,8-9H2,1-3H3. The molecule has 1 atom stereocenters. The number of hydrogen-bond donors (Lipinski definition) is 2. The Morgan fingerprint density at radius 2 is 1.86 bits per heavy atom. The summed E-state index contributed by atoms with van der Waals surface area (Å²) in [6.07, 6.45) is -4.52. The highest BCUT2D eigenvalue weighted by Gasteiger charge is 2.31. The summed E-state index contributed by atoms with van der Waals surface area (Å²) in [6.45, 7) is 4.76. The van der Waals surface area contributed by atoms with Crippen LogP contribution in [0.2, 0.25) is 0 Å². The lowest BCUT2D eigenvalue weighted by Gasteiger charge is -2.27. The molecule has 0 saturated heterocycles. The second-order valence-corrected chi connectivity index (χ2v) is 7.60. The fraction of sp³-hybridized carbons (Fsp3) is 0.571. The fourth-order valence-electron chi connectivity index (χ4n) is 1.57. The second kappa shape index (κ2) is 6.55. The first kappa shape index (κ1) is 18.9. The zero-order chi connectivity index (χ0) is 17.2. The molecule has 0 amide bonds. The Balaban J connectivity index is 2.82. The van der Waals surface area contributed by atoms with Crippen LogP contribution in [0.4, 0.5) is 13.2 Å². The molecule has 0 spiro atoms. The minimum absolute atomic E-state index is 0.0338. The van der Waals surface area contributed by atoms with E-state index in [1.54, 1.807) is 13.8 Å². The quantitative estimate of drug-likeness (QED) is 0.837. The predicted octanol–water partition coefficient (Wildman–Crippen LogP) is 2.53. The first-order valence-electron chi connectivity index (χ1n) is 6.69. The van der Waals surface area contributed by atoms with Crippen molar-refractivity contribution in [2.45, 2.75) is 38.3 Å². The summed E-state index contributed by atoms with van der Waals surface area (Å²) >= 11 is 0. The molecule has 0 aromatic heterocycles. The van der Waals surface area contributed by atoms with Crippen molar-refractivity contribution >= 4 is 10.0 Å². The van der Waals surface area contributed by atoms with E-state index >= 15 is 0 Å². The van der Waals surface area contributed by atoms with Crippen LogP contribution in [0.3, 0.4) is 0 Å². The summed E-state index contributed by atoms with van der Waals surface area (Å²) in [5, 5.41) is 10.00. The summed E-state index contributed by atoms with van der Waals surface area (Å²) in [5.41, 5.74) is -2.10. The molecule has 0 aliphatic heterocycles. The first-order valence-corrected chi connectivity index (χ1v) is 8.34. The van der Waals surface area contributed by atoms with Gasteiger partial charge in [-0.2, -0.15) is 13.2 Å². The van der Waals surface area contributed by atoms with Crippen molar-refractivity contribution in [3.8, 4) is 0 Å². The molecule has 0 heterocycles. The zero-order valence-electron chi connectivity index (χ0n) is 12.6. The van der Waals surface area contributed by atoms with Crippen molar-refractivity contribution in [1.29, 1.82) is 0 Å². The summed E-state index contributed by atoms with van der Waals surface area (Å²) < 4.78 is 63.9. The van der Waals surface area contributed by atoms with Crippen molar-refractivity contribution in [3.05, 3.63) is 35.4 Å². The van der Waals surface area contributed by atoms with Gasteiger partial charge in [-0.25, -0.2) is 13.1 Å². The van der Waals surface area contributed by atoms with Crippen LogP contribution in [0.15, 0.2) is 24.3 Å². The van der Waals surface area contributed by atoms with Crippen LogP contribution in [-0.2, 0) is 22.0 Å². The van der Waals surface area contributed by atoms with Gasteiger partial charge in [-0.1, -0.05) is 32.0 Å². The van der Waals surface area contributed by atoms with Crippen LogP contribution >= 0.6 is 0 Å². The lowest BCUT2D eigenvalue weighted by molar-refractivity contribution is -0.137. The normalized spacial score (nSPS) is 15.8. The number of rotatable bonds is 6. The van der Waals surface area contributed by atoms with E-state index in [1.165, 1.54) is 13.0 Å². The molecule has 1 rings (SSSR count). The molecule has 2 N–H and O–H groups in total. The molecular weight excluding hydrogens is 319 g/mol. The monoisotopic (exact) mass is 339 g/mol. The van der Waals surface area contributed by atoms with Gasteiger partial charge >= 0.3 is 6.18 Å². The Bertz CT molecular complexity index is 610. The molecule has 1 aromatic carbocycles. The van der Waals surface area contributed by atoms with E-state index < -0.39 is 33.1 Å². The average Bonchev–Trinajstić information content (AvgIpc) is 2.35. The second-order valence-electron chi connectivity index (χ2n) is 5.79. The van der Waals surface area contributed by atoms with E-state index in [0.717, 1.165) is 18.2 Å². The number of alkyl halides is 3. The largest absolute Gasteiger partial charge is 0.416 e. The van der Waals surface area contributed by atoms with Gasteiger partial charge in [-0.05, 0) is 24.5 Å². The van der Waals surface area contributed by atoms with Crippen molar-refractivity contribution in [2.75, 3.05) is 6.54 Å². The van der Waals surface area contributed by atoms with Crippen molar-refractivity contribution in [1.82, 2.24) is 4.72 Å². The summed E-state index contributed by atoms with van der Waals surface area (Å²) in [4.78, 5) is 0. The van der Waals surface area contributed by atoms with Crippen LogP contribution in [0, 0.1) is 5.92 Å². The predicted molar refractivity (Wildman–Crippen MR) is 77.5 cm³/mol. The number of nitrogens with one attached hydrogen (secondary N) is 1. The average molecular weight is 339 g/mol. The molecule has 0 bridgehead atoms. The van der Waals surface area contributed by atoms with Gasteiger partial charge in [0.15, 0.2) is 0 Å². The third-order valence-corrected chi connectivity index (χ3v) is 4.80. The highest BCUT2D eigenvalue weighted by atomic mass is 32.2. The molecule has 0 saturated carbocycles. The van der Waals surface area contributed by atoms with Gasteiger partial charge in [0, 0.05) is 6.54 Å². The maximum atomic E-state index is 12.6. The maximum Gasteiger partial charge on any atom is 0.416 e. The van der Waals surface area contributed by atoms with Crippen molar-refractivity contribution in [3.63, 3.8) is 0 Å². The Kier molecular flexibility index (Phi) is 5.64. The number of benzene rings is 1. The van der Waals surface area contributed by atoms with Gasteiger partial charge in [-0.15, -0.1) is 0 Å². The minimum atomic E-state index is -4.52. The number of hydrogen-bond acceptors (Lipinski definition) is 3. The molecule has 0 fully saturated rings. The van der Waals surface area contributed by atoms with Crippen LogP contribution in [-0.4, -0.2) is 25.7 Å². The molecule has 126 valence electrons. The van der Waals surface area contributed by atoms with Gasteiger partial charge in [0.05, 0.1) is 16.9 Å². The molecule has 0 radical (unpaired) electrons. The van der Waals surface area contributed by atoms with E-state index in [2.05, 4.69) is 4.72 Å². The fourth-order valence-corrected chi connectivity index (χ4v) is 2.80. The van der Waals surface area contributed by atoms with Gasteiger partial charge in [0.2, 0.25) is 10.0 Å². The lowest BCUT2D eigenvalue weighted by atomic mass is 9.93. The molecule has 22 heavy (non-hydrogen) atoms. The summed E-state index contributed by atoms with van der Waals surface area (Å²) in [5.74, 6) is -0.755.